The van der Waals surface area contributed by atoms with E-state index in [1.165, 1.54) is 22.3 Å². The van der Waals surface area contributed by atoms with E-state index < -0.39 is 0 Å². The number of nitrogens with zero attached hydrogens (tertiary/aromatic N) is 1. The third-order valence-corrected chi connectivity index (χ3v) is 6.46. The second kappa shape index (κ2) is 8.97. The first kappa shape index (κ1) is 23.0. The summed E-state index contributed by atoms with van der Waals surface area (Å²) in [5.74, 6) is 2.51. The molecular weight excluding hydrogens is 414 g/mol. The highest BCUT2D eigenvalue weighted by molar-refractivity contribution is 5.91. The van der Waals surface area contributed by atoms with Crippen LogP contribution in [-0.4, -0.2) is 31.6 Å². The van der Waals surface area contributed by atoms with Gasteiger partial charge in [0.25, 0.3) is 5.91 Å². The summed E-state index contributed by atoms with van der Waals surface area (Å²) in [6.07, 6.45) is 1.44. The minimum atomic E-state index is -0.0816. The van der Waals surface area contributed by atoms with Gasteiger partial charge in [-0.1, -0.05) is 39.0 Å². The Bertz CT molecular complexity index is 1170. The molecule has 0 saturated heterocycles. The van der Waals surface area contributed by atoms with Gasteiger partial charge in [-0.05, 0) is 70.8 Å². The predicted molar refractivity (Wildman–Crippen MR) is 129 cm³/mol. The minimum absolute atomic E-state index is 0.0816. The van der Waals surface area contributed by atoms with E-state index >= 15 is 0 Å². The number of benzene rings is 2. The molecule has 0 fully saturated rings. The fourth-order valence-electron chi connectivity index (χ4n) is 4.32. The zero-order chi connectivity index (χ0) is 23.8. The molecule has 5 nitrogen and oxygen atoms in total. The molecule has 0 N–H and O–H groups in total. The number of rotatable bonds is 5. The Labute approximate surface area is 196 Å². The van der Waals surface area contributed by atoms with Crippen molar-refractivity contribution < 1.29 is 18.7 Å². The molecule has 3 aromatic rings. The van der Waals surface area contributed by atoms with Gasteiger partial charge < -0.3 is 18.8 Å². The summed E-state index contributed by atoms with van der Waals surface area (Å²) in [6, 6.07) is 14.3. The average molecular weight is 448 g/mol. The summed E-state index contributed by atoms with van der Waals surface area (Å²) >= 11 is 0. The SMILES string of the molecule is COc1cc2c(cc1OC)CN(C(=O)c1ccc(Cc3cc(C(C)(C)C)ccc3C)o1)CC2. The molecule has 1 aliphatic heterocycles. The molecule has 0 spiro atoms. The van der Waals surface area contributed by atoms with Crippen LogP contribution >= 0.6 is 0 Å². The van der Waals surface area contributed by atoms with E-state index in [4.69, 9.17) is 13.9 Å². The summed E-state index contributed by atoms with van der Waals surface area (Å²) in [5, 5.41) is 0. The van der Waals surface area contributed by atoms with Crippen LogP contribution in [0, 0.1) is 6.92 Å². The average Bonchev–Trinajstić information content (AvgIpc) is 3.26. The van der Waals surface area contributed by atoms with Crippen LogP contribution in [0.25, 0.3) is 0 Å². The molecule has 1 aliphatic rings. The van der Waals surface area contributed by atoms with Crippen molar-refractivity contribution in [3.8, 4) is 11.5 Å². The van der Waals surface area contributed by atoms with Gasteiger partial charge >= 0.3 is 0 Å². The van der Waals surface area contributed by atoms with Gasteiger partial charge in [0.05, 0.1) is 14.2 Å². The second-order valence-electron chi connectivity index (χ2n) is 9.79. The highest BCUT2D eigenvalue weighted by atomic mass is 16.5. The Morgan fingerprint density at radius 2 is 1.70 bits per heavy atom. The van der Waals surface area contributed by atoms with E-state index in [-0.39, 0.29) is 11.3 Å². The Balaban J connectivity index is 1.50. The molecule has 1 amide bonds. The molecule has 0 bridgehead atoms. The predicted octanol–water partition coefficient (Wildman–Crippen LogP) is 5.69. The first-order valence-electron chi connectivity index (χ1n) is 11.4. The molecule has 33 heavy (non-hydrogen) atoms. The van der Waals surface area contributed by atoms with Crippen molar-refractivity contribution in [3.05, 3.63) is 81.8 Å². The van der Waals surface area contributed by atoms with Gasteiger partial charge in [0.1, 0.15) is 5.76 Å². The van der Waals surface area contributed by atoms with Crippen LogP contribution in [0.5, 0.6) is 11.5 Å². The smallest absolute Gasteiger partial charge is 0.289 e. The maximum atomic E-state index is 13.2. The van der Waals surface area contributed by atoms with E-state index in [0.717, 1.165) is 23.5 Å². The lowest BCUT2D eigenvalue weighted by atomic mass is 9.85. The van der Waals surface area contributed by atoms with Gasteiger partial charge in [-0.15, -0.1) is 0 Å². The highest BCUT2D eigenvalue weighted by Crippen LogP contribution is 2.34. The van der Waals surface area contributed by atoms with E-state index in [9.17, 15) is 4.79 Å². The first-order valence-corrected chi connectivity index (χ1v) is 11.4. The minimum Gasteiger partial charge on any atom is -0.493 e. The van der Waals surface area contributed by atoms with Crippen LogP contribution in [0.3, 0.4) is 0 Å². The fraction of sp³-hybridized carbons (Fsp3) is 0.393. The van der Waals surface area contributed by atoms with E-state index in [1.807, 2.05) is 23.1 Å². The molecule has 174 valence electrons. The normalized spacial score (nSPS) is 13.6. The molecule has 0 unspecified atom stereocenters. The molecule has 0 atom stereocenters. The summed E-state index contributed by atoms with van der Waals surface area (Å²) < 4.78 is 16.9. The van der Waals surface area contributed by atoms with Crippen LogP contribution in [0.15, 0.2) is 46.9 Å². The van der Waals surface area contributed by atoms with Crippen molar-refractivity contribution in [2.75, 3.05) is 20.8 Å². The maximum absolute atomic E-state index is 13.2. The van der Waals surface area contributed by atoms with Crippen molar-refractivity contribution >= 4 is 5.91 Å². The zero-order valence-corrected chi connectivity index (χ0v) is 20.5. The lowest BCUT2D eigenvalue weighted by molar-refractivity contribution is 0.0700. The van der Waals surface area contributed by atoms with E-state index in [0.29, 0.717) is 31.0 Å². The Kier molecular flexibility index (Phi) is 6.24. The maximum Gasteiger partial charge on any atom is 0.289 e. The third kappa shape index (κ3) is 4.77. The summed E-state index contributed by atoms with van der Waals surface area (Å²) in [7, 11) is 3.26. The topological polar surface area (TPSA) is 51.9 Å². The van der Waals surface area contributed by atoms with Crippen LogP contribution in [0.1, 0.15) is 64.9 Å². The molecule has 0 aliphatic carbocycles. The van der Waals surface area contributed by atoms with Crippen molar-refractivity contribution in [3.63, 3.8) is 0 Å². The van der Waals surface area contributed by atoms with Crippen LogP contribution in [-0.2, 0) is 24.8 Å². The molecular formula is C28H33NO4. The van der Waals surface area contributed by atoms with Crippen LogP contribution in [0.4, 0.5) is 0 Å². The standard InChI is InChI=1S/C28H33NO4/c1-18-7-8-22(28(2,3)4)13-20(18)14-23-9-10-24(33-23)27(30)29-12-11-19-15-25(31-5)26(32-6)16-21(19)17-29/h7-10,13,15-16H,11-12,14,17H2,1-6H3. The number of hydrogen-bond donors (Lipinski definition) is 0. The van der Waals surface area contributed by atoms with Crippen molar-refractivity contribution in [2.45, 2.75) is 52.5 Å². The number of hydrogen-bond acceptors (Lipinski definition) is 4. The number of ether oxygens (including phenoxy) is 2. The fourth-order valence-corrected chi connectivity index (χ4v) is 4.32. The van der Waals surface area contributed by atoms with Gasteiger partial charge in [-0.2, -0.15) is 0 Å². The highest BCUT2D eigenvalue weighted by Gasteiger charge is 2.26. The molecule has 1 aromatic heterocycles. The number of methoxy groups -OCH3 is 2. The number of amides is 1. The van der Waals surface area contributed by atoms with Gasteiger partial charge in [0, 0.05) is 19.5 Å². The summed E-state index contributed by atoms with van der Waals surface area (Å²) in [4.78, 5) is 15.0. The van der Waals surface area contributed by atoms with Gasteiger partial charge in [-0.3, -0.25) is 4.79 Å². The Morgan fingerprint density at radius 3 is 2.36 bits per heavy atom. The van der Waals surface area contributed by atoms with Crippen molar-refractivity contribution in [1.82, 2.24) is 4.90 Å². The quantitative estimate of drug-likeness (QED) is 0.504. The van der Waals surface area contributed by atoms with Crippen molar-refractivity contribution in [2.24, 2.45) is 0 Å². The second-order valence-corrected chi connectivity index (χ2v) is 9.79. The number of furan rings is 1. The molecule has 2 heterocycles. The van der Waals surface area contributed by atoms with E-state index in [1.54, 1.807) is 20.3 Å². The Morgan fingerprint density at radius 1 is 1.00 bits per heavy atom. The monoisotopic (exact) mass is 447 g/mol. The lowest BCUT2D eigenvalue weighted by Gasteiger charge is -2.29. The number of carbonyl (C=O) groups excluding carboxylic acids is 1. The van der Waals surface area contributed by atoms with Gasteiger partial charge in [0.15, 0.2) is 17.3 Å². The van der Waals surface area contributed by atoms with Crippen molar-refractivity contribution in [1.29, 1.82) is 0 Å². The van der Waals surface area contributed by atoms with Crippen LogP contribution < -0.4 is 9.47 Å². The van der Waals surface area contributed by atoms with Crippen LogP contribution in [0.2, 0.25) is 0 Å². The largest absolute Gasteiger partial charge is 0.493 e. The molecule has 2 aromatic carbocycles. The number of carbonyl (C=O) groups is 1. The molecule has 0 radical (unpaired) electrons. The Hall–Kier alpha value is -3.21. The zero-order valence-electron chi connectivity index (χ0n) is 20.5. The van der Waals surface area contributed by atoms with Gasteiger partial charge in [-0.25, -0.2) is 0 Å². The molecule has 5 heteroatoms. The van der Waals surface area contributed by atoms with E-state index in [2.05, 4.69) is 45.9 Å². The van der Waals surface area contributed by atoms with Gasteiger partial charge in [0.2, 0.25) is 0 Å². The lowest BCUT2D eigenvalue weighted by Crippen LogP contribution is -2.35. The summed E-state index contributed by atoms with van der Waals surface area (Å²) in [6.45, 7) is 9.93. The molecule has 4 rings (SSSR count). The number of aryl methyl sites for hydroxylation is 1. The third-order valence-electron chi connectivity index (χ3n) is 6.46. The summed E-state index contributed by atoms with van der Waals surface area (Å²) in [5.41, 5.74) is 6.10. The number of fused-ring (bicyclic) bond motifs is 1. The first-order chi connectivity index (χ1) is 15.7. The molecule has 0 saturated carbocycles.